The second-order valence-corrected chi connectivity index (χ2v) is 6.70. The summed E-state index contributed by atoms with van der Waals surface area (Å²) in [4.78, 5) is 26.9. The Balaban J connectivity index is 1.79. The molecule has 3 rings (SSSR count). The highest BCUT2D eigenvalue weighted by Gasteiger charge is 2.19. The molecule has 0 fully saturated rings. The number of imidazole rings is 1. The number of fused-ring (bicyclic) bond motifs is 1. The number of nitrogens with one attached hydrogen (secondary N) is 1. The fraction of sp³-hybridized carbons (Fsp3) is 0.294. The molecule has 0 aliphatic rings. The summed E-state index contributed by atoms with van der Waals surface area (Å²) in [5.41, 5.74) is 8.41. The summed E-state index contributed by atoms with van der Waals surface area (Å²) in [6.07, 6.45) is 2.89. The lowest BCUT2D eigenvalue weighted by Crippen LogP contribution is -2.23. The van der Waals surface area contributed by atoms with Crippen LogP contribution in [0, 0.1) is 0 Å². The highest BCUT2D eigenvalue weighted by Crippen LogP contribution is 2.24. The van der Waals surface area contributed by atoms with E-state index in [0.29, 0.717) is 21.9 Å². The fourth-order valence-electron chi connectivity index (χ4n) is 2.62. The largest absolute Gasteiger partial charge is 0.382 e. The molecule has 26 heavy (non-hydrogen) atoms. The van der Waals surface area contributed by atoms with Crippen LogP contribution >= 0.6 is 11.6 Å². The first-order valence-corrected chi connectivity index (χ1v) is 8.41. The number of hydrogen-bond donors (Lipinski definition) is 2. The van der Waals surface area contributed by atoms with Gasteiger partial charge in [-0.2, -0.15) is 0 Å². The number of nitrogens with two attached hydrogens (primary N) is 1. The normalized spacial score (nSPS) is 12.5. The van der Waals surface area contributed by atoms with E-state index in [0.717, 1.165) is 12.1 Å². The molecule has 1 aromatic carbocycles. The molecule has 0 bridgehead atoms. The summed E-state index contributed by atoms with van der Waals surface area (Å²) in [5.74, 6) is 0.0718. The Morgan fingerprint density at radius 2 is 2.12 bits per heavy atom. The molecule has 3 aromatic rings. The van der Waals surface area contributed by atoms with Crippen LogP contribution in [0.4, 0.5) is 11.5 Å². The summed E-state index contributed by atoms with van der Waals surface area (Å²) in [6.45, 7) is 2.49. The number of halogens is 1. The van der Waals surface area contributed by atoms with Crippen molar-refractivity contribution in [2.75, 3.05) is 25.1 Å². The van der Waals surface area contributed by atoms with Gasteiger partial charge >= 0.3 is 0 Å². The van der Waals surface area contributed by atoms with Gasteiger partial charge in [-0.3, -0.25) is 4.79 Å². The Kier molecular flexibility index (Phi) is 5.06. The maximum Gasteiger partial charge on any atom is 0.247 e. The minimum Gasteiger partial charge on any atom is -0.382 e. The number of nitrogen functional groups attached to an aromatic ring is 1. The van der Waals surface area contributed by atoms with Crippen molar-refractivity contribution in [2.24, 2.45) is 0 Å². The molecule has 0 aliphatic heterocycles. The van der Waals surface area contributed by atoms with Crippen LogP contribution in [0.3, 0.4) is 0 Å². The van der Waals surface area contributed by atoms with Crippen molar-refractivity contribution >= 4 is 40.2 Å². The zero-order valence-electron chi connectivity index (χ0n) is 14.8. The minimum atomic E-state index is -0.533. The second-order valence-electron chi connectivity index (χ2n) is 6.29. The van der Waals surface area contributed by atoms with E-state index in [1.165, 1.54) is 12.7 Å². The van der Waals surface area contributed by atoms with E-state index in [1.807, 2.05) is 31.1 Å². The molecule has 1 atom stereocenters. The Morgan fingerprint density at radius 3 is 2.81 bits per heavy atom. The molecule has 8 nitrogen and oxygen atoms in total. The van der Waals surface area contributed by atoms with Crippen LogP contribution in [-0.4, -0.2) is 44.4 Å². The van der Waals surface area contributed by atoms with Gasteiger partial charge in [0.25, 0.3) is 0 Å². The van der Waals surface area contributed by atoms with E-state index >= 15 is 0 Å². The van der Waals surface area contributed by atoms with Crippen LogP contribution in [0.1, 0.15) is 18.5 Å². The molecule has 3 N–H and O–H groups in total. The van der Waals surface area contributed by atoms with E-state index in [-0.39, 0.29) is 11.7 Å². The lowest BCUT2D eigenvalue weighted by atomic mass is 10.2. The molecule has 136 valence electrons. The number of carbonyl (C=O) groups is 1. The Hall–Kier alpha value is -2.71. The monoisotopic (exact) mass is 373 g/mol. The SMILES string of the molecule is CC(C(=O)Nc1ccc(CN(C)C)c(Cl)c1)n1cnc2c(N)ncnc21. The Labute approximate surface area is 156 Å². The summed E-state index contributed by atoms with van der Waals surface area (Å²) >= 11 is 6.31. The molecule has 1 amide bonds. The quantitative estimate of drug-likeness (QED) is 0.711. The van der Waals surface area contributed by atoms with Crippen molar-refractivity contribution in [1.29, 1.82) is 0 Å². The van der Waals surface area contributed by atoms with Crippen LogP contribution in [0.25, 0.3) is 11.2 Å². The first-order valence-electron chi connectivity index (χ1n) is 8.04. The number of benzene rings is 1. The molecule has 0 spiro atoms. The number of rotatable bonds is 5. The van der Waals surface area contributed by atoms with Gasteiger partial charge in [-0.1, -0.05) is 17.7 Å². The predicted octanol–water partition coefficient (Wildman–Crippen LogP) is 2.32. The van der Waals surface area contributed by atoms with Gasteiger partial charge in [0.15, 0.2) is 11.5 Å². The van der Waals surface area contributed by atoms with Gasteiger partial charge in [0.2, 0.25) is 5.91 Å². The van der Waals surface area contributed by atoms with Gasteiger partial charge in [0, 0.05) is 17.3 Å². The summed E-state index contributed by atoms with van der Waals surface area (Å²) in [7, 11) is 3.94. The first-order chi connectivity index (χ1) is 12.4. The van der Waals surface area contributed by atoms with Crippen LogP contribution < -0.4 is 11.1 Å². The Bertz CT molecular complexity index is 953. The molecule has 0 saturated heterocycles. The molecular weight excluding hydrogens is 354 g/mol. The van der Waals surface area contributed by atoms with Crippen molar-refractivity contribution in [1.82, 2.24) is 24.4 Å². The molecule has 1 unspecified atom stereocenters. The van der Waals surface area contributed by atoms with Crippen LogP contribution in [0.15, 0.2) is 30.9 Å². The smallest absolute Gasteiger partial charge is 0.247 e. The lowest BCUT2D eigenvalue weighted by molar-refractivity contribution is -0.118. The topological polar surface area (TPSA) is 102 Å². The van der Waals surface area contributed by atoms with Crippen molar-refractivity contribution < 1.29 is 4.79 Å². The average molecular weight is 374 g/mol. The van der Waals surface area contributed by atoms with Crippen molar-refractivity contribution in [3.05, 3.63) is 41.4 Å². The molecule has 9 heteroatoms. The van der Waals surface area contributed by atoms with Gasteiger partial charge in [-0.05, 0) is 38.7 Å². The number of amides is 1. The van der Waals surface area contributed by atoms with Gasteiger partial charge in [-0.25, -0.2) is 15.0 Å². The first kappa shape index (κ1) is 18.1. The number of anilines is 2. The maximum atomic E-state index is 12.6. The van der Waals surface area contributed by atoms with Gasteiger partial charge < -0.3 is 20.5 Å². The van der Waals surface area contributed by atoms with E-state index in [1.54, 1.807) is 17.6 Å². The fourth-order valence-corrected chi connectivity index (χ4v) is 2.86. The van der Waals surface area contributed by atoms with E-state index < -0.39 is 6.04 Å². The third kappa shape index (κ3) is 3.61. The number of nitrogens with zero attached hydrogens (tertiary/aromatic N) is 5. The lowest BCUT2D eigenvalue weighted by Gasteiger charge is -2.16. The predicted molar refractivity (Wildman–Crippen MR) is 102 cm³/mol. The van der Waals surface area contributed by atoms with E-state index in [9.17, 15) is 4.79 Å². The highest BCUT2D eigenvalue weighted by atomic mass is 35.5. The van der Waals surface area contributed by atoms with Gasteiger partial charge in [-0.15, -0.1) is 0 Å². The second kappa shape index (κ2) is 7.27. The standard InChI is InChI=1S/C17H20ClN7O/c1-10(25-9-22-14-15(19)20-8-21-16(14)25)17(26)23-12-5-4-11(7-24(2)3)13(18)6-12/h4-6,8-10H,7H2,1-3H3,(H,23,26)(H2,19,20,21). The summed E-state index contributed by atoms with van der Waals surface area (Å²) in [5, 5.41) is 3.48. The third-order valence-electron chi connectivity index (χ3n) is 3.99. The molecule has 0 radical (unpaired) electrons. The van der Waals surface area contributed by atoms with Crippen LogP contribution in [-0.2, 0) is 11.3 Å². The number of aromatic nitrogens is 4. The maximum absolute atomic E-state index is 12.6. The molecule has 2 heterocycles. The van der Waals surface area contributed by atoms with Gasteiger partial charge in [0.05, 0.1) is 6.33 Å². The summed E-state index contributed by atoms with van der Waals surface area (Å²) < 4.78 is 1.66. The zero-order valence-corrected chi connectivity index (χ0v) is 15.5. The van der Waals surface area contributed by atoms with Crippen molar-refractivity contribution in [3.63, 3.8) is 0 Å². The van der Waals surface area contributed by atoms with Crippen LogP contribution in [0.2, 0.25) is 5.02 Å². The van der Waals surface area contributed by atoms with Crippen molar-refractivity contribution in [3.8, 4) is 0 Å². The summed E-state index contributed by atoms with van der Waals surface area (Å²) in [6, 6.07) is 4.96. The van der Waals surface area contributed by atoms with Gasteiger partial charge in [0.1, 0.15) is 17.9 Å². The van der Waals surface area contributed by atoms with E-state index in [4.69, 9.17) is 17.3 Å². The molecule has 0 aliphatic carbocycles. The van der Waals surface area contributed by atoms with E-state index in [2.05, 4.69) is 20.3 Å². The zero-order chi connectivity index (χ0) is 18.8. The highest BCUT2D eigenvalue weighted by molar-refractivity contribution is 6.31. The van der Waals surface area contributed by atoms with Crippen LogP contribution in [0.5, 0.6) is 0 Å². The number of carbonyl (C=O) groups excluding carboxylic acids is 1. The Morgan fingerprint density at radius 1 is 1.35 bits per heavy atom. The molecule has 2 aromatic heterocycles. The number of hydrogen-bond acceptors (Lipinski definition) is 6. The molecule has 0 saturated carbocycles. The minimum absolute atomic E-state index is 0.210. The third-order valence-corrected chi connectivity index (χ3v) is 4.34. The molecular formula is C17H20ClN7O. The van der Waals surface area contributed by atoms with Crippen molar-refractivity contribution in [2.45, 2.75) is 19.5 Å². The average Bonchev–Trinajstić information content (AvgIpc) is 3.01.